The lowest BCUT2D eigenvalue weighted by molar-refractivity contribution is -0.192. The van der Waals surface area contributed by atoms with Gasteiger partial charge in [-0.1, -0.05) is 81.4 Å². The number of methoxy groups -OCH3 is 1. The predicted octanol–water partition coefficient (Wildman–Crippen LogP) is 3.41. The van der Waals surface area contributed by atoms with E-state index in [1.165, 1.54) is 16.4 Å². The number of hydrogen-bond acceptors (Lipinski definition) is 4. The highest BCUT2D eigenvalue weighted by Crippen LogP contribution is 2.37. The highest BCUT2D eigenvalue weighted by atomic mass is 28.4. The molecule has 0 saturated heterocycles. The van der Waals surface area contributed by atoms with Gasteiger partial charge in [-0.05, 0) is 21.5 Å². The Kier molecular flexibility index (Phi) is 5.89. The Hall–Kier alpha value is -2.21. The van der Waals surface area contributed by atoms with E-state index in [9.17, 15) is 4.79 Å². The second-order valence-corrected chi connectivity index (χ2v) is 12.3. The number of esters is 1. The van der Waals surface area contributed by atoms with Crippen molar-refractivity contribution < 1.29 is 18.7 Å². The minimum absolute atomic E-state index is 0.0991. The molecule has 1 heterocycles. The van der Waals surface area contributed by atoms with Gasteiger partial charge in [-0.15, -0.1) is 0 Å². The van der Waals surface area contributed by atoms with E-state index in [1.807, 2.05) is 12.1 Å². The Labute approximate surface area is 168 Å². The molecule has 0 amide bonds. The summed E-state index contributed by atoms with van der Waals surface area (Å²) < 4.78 is 17.7. The Morgan fingerprint density at radius 1 is 0.964 bits per heavy atom. The molecule has 0 N–H and O–H groups in total. The summed E-state index contributed by atoms with van der Waals surface area (Å²) in [6.07, 6.45) is 3.52. The van der Waals surface area contributed by atoms with Crippen LogP contribution in [0.2, 0.25) is 5.04 Å². The van der Waals surface area contributed by atoms with Crippen LogP contribution in [-0.2, 0) is 18.7 Å². The standard InChI is InChI=1S/C23H28O4Si/c1-22(2,3)28(19-11-7-5-8-12-19,20-13-9-6-10-14-20)26-18-17-23(25-4)16-15-21(24)27-23/h5-16H,17-18H2,1-4H3. The van der Waals surface area contributed by atoms with E-state index in [1.54, 1.807) is 13.2 Å². The van der Waals surface area contributed by atoms with Gasteiger partial charge in [0, 0.05) is 26.2 Å². The molecule has 4 nitrogen and oxygen atoms in total. The van der Waals surface area contributed by atoms with Crippen LogP contribution < -0.4 is 10.4 Å². The van der Waals surface area contributed by atoms with E-state index in [4.69, 9.17) is 13.9 Å². The minimum atomic E-state index is -2.60. The Balaban J connectivity index is 1.97. The lowest BCUT2D eigenvalue weighted by Gasteiger charge is -2.43. The van der Waals surface area contributed by atoms with E-state index in [-0.39, 0.29) is 11.0 Å². The molecule has 28 heavy (non-hydrogen) atoms. The number of hydrogen-bond donors (Lipinski definition) is 0. The monoisotopic (exact) mass is 396 g/mol. The molecule has 0 fully saturated rings. The van der Waals surface area contributed by atoms with Gasteiger partial charge in [0.1, 0.15) is 0 Å². The van der Waals surface area contributed by atoms with Crippen LogP contribution in [0.5, 0.6) is 0 Å². The minimum Gasteiger partial charge on any atom is -0.426 e. The first-order valence-corrected chi connectivity index (χ1v) is 11.5. The van der Waals surface area contributed by atoms with Gasteiger partial charge in [0.05, 0.1) is 0 Å². The molecule has 1 atom stereocenters. The number of carbonyl (C=O) groups excluding carboxylic acids is 1. The number of carbonyl (C=O) groups is 1. The average Bonchev–Trinajstić information content (AvgIpc) is 3.07. The second-order valence-electron chi connectivity index (χ2n) is 8.03. The first-order valence-electron chi connectivity index (χ1n) is 9.55. The van der Waals surface area contributed by atoms with Gasteiger partial charge >= 0.3 is 5.97 Å². The van der Waals surface area contributed by atoms with Gasteiger partial charge in [0.15, 0.2) is 0 Å². The van der Waals surface area contributed by atoms with Gasteiger partial charge in [0.2, 0.25) is 5.79 Å². The van der Waals surface area contributed by atoms with E-state index in [2.05, 4.69) is 69.3 Å². The third-order valence-electron chi connectivity index (χ3n) is 5.28. The number of benzene rings is 2. The van der Waals surface area contributed by atoms with Crippen LogP contribution in [-0.4, -0.2) is 33.8 Å². The van der Waals surface area contributed by atoms with Crippen LogP contribution in [0.4, 0.5) is 0 Å². The zero-order chi connectivity index (χ0) is 20.3. The summed E-state index contributed by atoms with van der Waals surface area (Å²) in [5.41, 5.74) is 0. The molecule has 1 aliphatic heterocycles. The molecule has 2 aromatic carbocycles. The van der Waals surface area contributed by atoms with Gasteiger partial charge in [-0.2, -0.15) is 0 Å². The normalized spacial score (nSPS) is 19.6. The van der Waals surface area contributed by atoms with Crippen LogP contribution in [0, 0.1) is 0 Å². The van der Waals surface area contributed by atoms with Crippen molar-refractivity contribution in [2.45, 2.75) is 38.0 Å². The van der Waals surface area contributed by atoms with Crippen molar-refractivity contribution in [2.75, 3.05) is 13.7 Å². The average molecular weight is 397 g/mol. The molecule has 0 bridgehead atoms. The fourth-order valence-electron chi connectivity index (χ4n) is 3.89. The van der Waals surface area contributed by atoms with Crippen molar-refractivity contribution >= 4 is 24.7 Å². The second kappa shape index (κ2) is 8.03. The van der Waals surface area contributed by atoms with Gasteiger partial charge in [0.25, 0.3) is 8.32 Å². The molecule has 0 aliphatic carbocycles. The quantitative estimate of drug-likeness (QED) is 0.531. The van der Waals surface area contributed by atoms with E-state index < -0.39 is 14.1 Å². The maximum Gasteiger partial charge on any atom is 0.333 e. The third kappa shape index (κ3) is 3.83. The van der Waals surface area contributed by atoms with E-state index >= 15 is 0 Å². The SMILES string of the molecule is COC1(CCO[Si](c2ccccc2)(c2ccccc2)C(C)(C)C)C=CC(=O)O1. The first-order chi connectivity index (χ1) is 13.3. The van der Waals surface area contributed by atoms with Crippen molar-refractivity contribution in [3.8, 4) is 0 Å². The topological polar surface area (TPSA) is 44.8 Å². The zero-order valence-corrected chi connectivity index (χ0v) is 18.0. The lowest BCUT2D eigenvalue weighted by Crippen LogP contribution is -2.66. The lowest BCUT2D eigenvalue weighted by atomic mass is 10.2. The molecular weight excluding hydrogens is 368 g/mol. The van der Waals surface area contributed by atoms with Crippen molar-refractivity contribution in [1.82, 2.24) is 0 Å². The molecule has 0 aromatic heterocycles. The zero-order valence-electron chi connectivity index (χ0n) is 17.0. The van der Waals surface area contributed by atoms with Crippen molar-refractivity contribution in [3.05, 3.63) is 72.8 Å². The summed E-state index contributed by atoms with van der Waals surface area (Å²) in [6.45, 7) is 7.13. The Morgan fingerprint density at radius 2 is 1.50 bits per heavy atom. The smallest absolute Gasteiger partial charge is 0.333 e. The van der Waals surface area contributed by atoms with Gasteiger partial charge < -0.3 is 13.9 Å². The largest absolute Gasteiger partial charge is 0.426 e. The molecule has 5 heteroatoms. The van der Waals surface area contributed by atoms with Crippen LogP contribution in [0.3, 0.4) is 0 Å². The highest BCUT2D eigenvalue weighted by molar-refractivity contribution is 6.99. The van der Waals surface area contributed by atoms with Crippen LogP contribution in [0.1, 0.15) is 27.2 Å². The van der Waals surface area contributed by atoms with Gasteiger partial charge in [-0.3, -0.25) is 0 Å². The molecule has 0 saturated carbocycles. The van der Waals surface area contributed by atoms with Crippen LogP contribution in [0.25, 0.3) is 0 Å². The maximum absolute atomic E-state index is 11.6. The summed E-state index contributed by atoms with van der Waals surface area (Å²) in [5, 5.41) is 2.34. The third-order valence-corrected chi connectivity index (χ3v) is 10.3. The first kappa shape index (κ1) is 20.5. The molecule has 148 valence electrons. The predicted molar refractivity (Wildman–Crippen MR) is 113 cm³/mol. The molecule has 0 radical (unpaired) electrons. The number of cyclic esters (lactones) is 1. The Bertz CT molecular complexity index is 787. The Morgan fingerprint density at radius 3 is 1.89 bits per heavy atom. The molecular formula is C23H28O4Si. The van der Waals surface area contributed by atoms with Crippen molar-refractivity contribution in [1.29, 1.82) is 0 Å². The van der Waals surface area contributed by atoms with Gasteiger partial charge in [-0.25, -0.2) is 4.79 Å². The molecule has 1 unspecified atom stereocenters. The fraction of sp³-hybridized carbons (Fsp3) is 0.348. The fourth-order valence-corrected chi connectivity index (χ4v) is 8.45. The van der Waals surface area contributed by atoms with Crippen molar-refractivity contribution in [2.24, 2.45) is 0 Å². The molecule has 0 spiro atoms. The van der Waals surface area contributed by atoms with E-state index in [0.29, 0.717) is 13.0 Å². The van der Waals surface area contributed by atoms with Crippen LogP contribution in [0.15, 0.2) is 72.8 Å². The molecule has 1 aliphatic rings. The molecule has 3 rings (SSSR count). The number of rotatable bonds is 7. The summed E-state index contributed by atoms with van der Waals surface area (Å²) in [4.78, 5) is 11.6. The van der Waals surface area contributed by atoms with Crippen LogP contribution >= 0.6 is 0 Å². The van der Waals surface area contributed by atoms with E-state index in [0.717, 1.165) is 0 Å². The molecule has 2 aromatic rings. The summed E-state index contributed by atoms with van der Waals surface area (Å²) in [5.74, 6) is -1.42. The number of ether oxygens (including phenoxy) is 2. The summed E-state index contributed by atoms with van der Waals surface area (Å²) in [7, 11) is -1.06. The van der Waals surface area contributed by atoms with Crippen molar-refractivity contribution in [3.63, 3.8) is 0 Å². The maximum atomic E-state index is 11.6. The highest BCUT2D eigenvalue weighted by Gasteiger charge is 2.50. The summed E-state index contributed by atoms with van der Waals surface area (Å²) >= 11 is 0. The summed E-state index contributed by atoms with van der Waals surface area (Å²) in [6, 6.07) is 20.9.